The van der Waals surface area contributed by atoms with Gasteiger partial charge in [-0.3, -0.25) is 0 Å². The number of carbonyl (C=O) groups excluding carboxylic acids is 2. The van der Waals surface area contributed by atoms with Gasteiger partial charge in [0.25, 0.3) is 0 Å². The first-order chi connectivity index (χ1) is 23.5. The minimum atomic E-state index is -0.428. The molecule has 0 aromatic heterocycles. The third-order valence-corrected chi connectivity index (χ3v) is 8.18. The lowest BCUT2D eigenvalue weighted by atomic mass is 9.98. The van der Waals surface area contributed by atoms with E-state index in [1.54, 1.807) is 0 Å². The summed E-state index contributed by atoms with van der Waals surface area (Å²) in [6, 6.07) is 27.9. The predicted octanol–water partition coefficient (Wildman–Crippen LogP) is 7.51. The van der Waals surface area contributed by atoms with E-state index >= 15 is 0 Å². The standard InChI is InChI=1S/C40H44O8/c1-43-39(41)35-25-33-15-17-37(35)47-21-5-3-19-45-27-31-11-13-32(14-12-31)28-46-20-4-6-22-48-38-18-16-34(26-36(38)40(42)44-2)24-30-9-7-29(23-33)8-10-30/h7-18,25-26H,3-6,19-24,27-28H2,1-2H3. The van der Waals surface area contributed by atoms with Crippen LogP contribution in [0.15, 0.2) is 84.9 Å². The fourth-order valence-corrected chi connectivity index (χ4v) is 5.50. The maximum absolute atomic E-state index is 12.6. The van der Waals surface area contributed by atoms with Gasteiger partial charge in [-0.25, -0.2) is 9.59 Å². The van der Waals surface area contributed by atoms with Gasteiger partial charge in [0.1, 0.15) is 22.6 Å². The number of esters is 2. The zero-order valence-electron chi connectivity index (χ0n) is 27.8. The van der Waals surface area contributed by atoms with Gasteiger partial charge in [0.2, 0.25) is 0 Å². The Morgan fingerprint density at radius 1 is 0.479 bits per heavy atom. The maximum atomic E-state index is 12.6. The number of hydrogen-bond donors (Lipinski definition) is 0. The second-order valence-corrected chi connectivity index (χ2v) is 11.8. The number of fused-ring (bicyclic) bond motifs is 1. The van der Waals surface area contributed by atoms with E-state index in [0.717, 1.165) is 59.1 Å². The molecule has 9 aliphatic rings. The van der Waals surface area contributed by atoms with Crippen LogP contribution in [0.2, 0.25) is 0 Å². The van der Waals surface area contributed by atoms with Gasteiger partial charge in [-0.2, -0.15) is 0 Å². The van der Waals surface area contributed by atoms with Crippen LogP contribution >= 0.6 is 0 Å². The first-order valence-electron chi connectivity index (χ1n) is 16.5. The van der Waals surface area contributed by atoms with E-state index in [1.165, 1.54) is 14.2 Å². The molecule has 0 N–H and O–H groups in total. The Morgan fingerprint density at radius 3 is 1.23 bits per heavy atom. The van der Waals surface area contributed by atoms with Crippen LogP contribution in [0.25, 0.3) is 0 Å². The Morgan fingerprint density at radius 2 is 0.833 bits per heavy atom. The minimum absolute atomic E-state index is 0.413. The molecule has 9 heterocycles. The Labute approximate surface area is 282 Å². The number of carbonyl (C=O) groups is 2. The summed E-state index contributed by atoms with van der Waals surface area (Å²) in [5, 5.41) is 0. The van der Waals surface area contributed by atoms with Crippen LogP contribution in [0.3, 0.4) is 0 Å². The number of ether oxygens (including phenoxy) is 6. The van der Waals surface area contributed by atoms with E-state index in [0.29, 0.717) is 75.1 Å². The molecular formula is C40H44O8. The van der Waals surface area contributed by atoms with Crippen molar-refractivity contribution >= 4 is 11.9 Å². The van der Waals surface area contributed by atoms with Crippen molar-refractivity contribution in [2.45, 2.75) is 51.7 Å². The zero-order chi connectivity index (χ0) is 33.6. The van der Waals surface area contributed by atoms with Crippen molar-refractivity contribution in [1.82, 2.24) is 0 Å². The molecule has 0 amide bonds. The molecule has 0 unspecified atom stereocenters. The zero-order valence-corrected chi connectivity index (χ0v) is 27.8. The molecule has 4 aromatic carbocycles. The van der Waals surface area contributed by atoms with Crippen molar-refractivity contribution in [2.24, 2.45) is 0 Å². The molecule has 8 heteroatoms. The van der Waals surface area contributed by atoms with Gasteiger partial charge in [-0.1, -0.05) is 60.7 Å². The average Bonchev–Trinajstić information content (AvgIpc) is 3.12. The van der Waals surface area contributed by atoms with E-state index < -0.39 is 11.9 Å². The van der Waals surface area contributed by atoms with Crippen LogP contribution in [0.5, 0.6) is 11.5 Å². The Hall–Kier alpha value is -4.66. The van der Waals surface area contributed by atoms with Crippen molar-refractivity contribution in [1.29, 1.82) is 0 Å². The summed E-state index contributed by atoms with van der Waals surface area (Å²) >= 11 is 0. The normalized spacial score (nSPS) is 15.0. The summed E-state index contributed by atoms with van der Waals surface area (Å²) in [5.74, 6) is 0.172. The summed E-state index contributed by atoms with van der Waals surface area (Å²) in [6.45, 7) is 3.26. The summed E-state index contributed by atoms with van der Waals surface area (Å²) in [5.41, 5.74) is 7.22. The lowest BCUT2D eigenvalue weighted by Gasteiger charge is -2.13. The first-order valence-corrected chi connectivity index (χ1v) is 16.5. The second kappa shape index (κ2) is 18.0. The summed E-state index contributed by atoms with van der Waals surface area (Å²) in [6.07, 6.45) is 4.58. The summed E-state index contributed by atoms with van der Waals surface area (Å²) in [4.78, 5) is 25.2. The molecule has 0 aliphatic carbocycles. The molecule has 0 atom stereocenters. The molecule has 8 nitrogen and oxygen atoms in total. The number of benzene rings is 4. The van der Waals surface area contributed by atoms with Crippen LogP contribution < -0.4 is 9.47 Å². The quantitative estimate of drug-likeness (QED) is 0.206. The number of hydrogen-bond acceptors (Lipinski definition) is 8. The molecule has 0 fully saturated rings. The Balaban J connectivity index is 1.30. The van der Waals surface area contributed by atoms with Crippen LogP contribution in [0, 0.1) is 0 Å². The largest absolute Gasteiger partial charge is 0.493 e. The van der Waals surface area contributed by atoms with Crippen molar-refractivity contribution in [3.63, 3.8) is 0 Å². The van der Waals surface area contributed by atoms with Crippen LogP contribution in [0.1, 0.15) is 79.8 Å². The molecule has 252 valence electrons. The fourth-order valence-electron chi connectivity index (χ4n) is 5.50. The van der Waals surface area contributed by atoms with Crippen LogP contribution in [0.4, 0.5) is 0 Å². The lowest BCUT2D eigenvalue weighted by molar-refractivity contribution is 0.0586. The second-order valence-electron chi connectivity index (χ2n) is 11.8. The minimum Gasteiger partial charge on any atom is -0.493 e. The van der Waals surface area contributed by atoms with Crippen molar-refractivity contribution in [3.05, 3.63) is 129 Å². The molecule has 8 bridgehead atoms. The van der Waals surface area contributed by atoms with Crippen molar-refractivity contribution < 1.29 is 38.0 Å². The number of rotatable bonds is 2. The van der Waals surface area contributed by atoms with Gasteiger partial charge in [0, 0.05) is 13.2 Å². The van der Waals surface area contributed by atoms with Gasteiger partial charge < -0.3 is 28.4 Å². The average molecular weight is 653 g/mol. The molecule has 0 radical (unpaired) electrons. The highest BCUT2D eigenvalue weighted by Gasteiger charge is 2.16. The van der Waals surface area contributed by atoms with Gasteiger partial charge in [0.15, 0.2) is 0 Å². The van der Waals surface area contributed by atoms with Crippen molar-refractivity contribution in [3.8, 4) is 11.5 Å². The van der Waals surface area contributed by atoms with Gasteiger partial charge in [0.05, 0.1) is 40.6 Å². The highest BCUT2D eigenvalue weighted by molar-refractivity contribution is 5.93. The topological polar surface area (TPSA) is 89.5 Å². The van der Waals surface area contributed by atoms with Gasteiger partial charge in [-0.05, 0) is 96.2 Å². The van der Waals surface area contributed by atoms with Crippen LogP contribution in [-0.4, -0.2) is 52.6 Å². The highest BCUT2D eigenvalue weighted by atomic mass is 16.5. The maximum Gasteiger partial charge on any atom is 0.341 e. The SMILES string of the molecule is COC(=O)c1cc2ccc1OCCCCOCc1ccc(cc1)COCCCCOc1ccc(cc1C(=O)OC)Cc1ccc(cc1)C2. The number of methoxy groups -OCH3 is 2. The Bertz CT molecular complexity index is 1510. The van der Waals surface area contributed by atoms with E-state index in [9.17, 15) is 9.59 Å². The smallest absolute Gasteiger partial charge is 0.341 e. The summed E-state index contributed by atoms with van der Waals surface area (Å²) < 4.78 is 33.8. The third kappa shape index (κ3) is 10.2. The molecule has 0 spiro atoms. The van der Waals surface area contributed by atoms with Crippen LogP contribution in [-0.2, 0) is 45.0 Å². The van der Waals surface area contributed by atoms with Crippen molar-refractivity contribution in [2.75, 3.05) is 40.6 Å². The van der Waals surface area contributed by atoms with E-state index in [4.69, 9.17) is 28.4 Å². The summed E-state index contributed by atoms with van der Waals surface area (Å²) in [7, 11) is 2.76. The molecule has 0 saturated heterocycles. The molecule has 4 aromatic rings. The molecular weight excluding hydrogens is 608 g/mol. The van der Waals surface area contributed by atoms with E-state index in [2.05, 4.69) is 48.5 Å². The monoisotopic (exact) mass is 652 g/mol. The molecule has 48 heavy (non-hydrogen) atoms. The Kier molecular flexibility index (Phi) is 13.0. The first kappa shape index (κ1) is 34.7. The molecule has 0 saturated carbocycles. The van der Waals surface area contributed by atoms with Gasteiger partial charge in [-0.15, -0.1) is 0 Å². The fraction of sp³-hybridized carbons (Fsp3) is 0.350. The predicted molar refractivity (Wildman–Crippen MR) is 183 cm³/mol. The van der Waals surface area contributed by atoms with Gasteiger partial charge >= 0.3 is 11.9 Å². The lowest BCUT2D eigenvalue weighted by Crippen LogP contribution is -2.08. The molecule has 13 rings (SSSR count). The highest BCUT2D eigenvalue weighted by Crippen LogP contribution is 2.26. The third-order valence-electron chi connectivity index (χ3n) is 8.18. The molecule has 9 aliphatic heterocycles. The van der Waals surface area contributed by atoms with E-state index in [1.807, 2.05) is 36.4 Å². The van der Waals surface area contributed by atoms with E-state index in [-0.39, 0.29) is 0 Å².